The lowest BCUT2D eigenvalue weighted by Gasteiger charge is -2.49. The molecule has 0 aromatic heterocycles. The molecule has 2 aliphatic heterocycles. The second-order valence-electron chi connectivity index (χ2n) is 11.2. The fourth-order valence-electron chi connectivity index (χ4n) is 5.07. The standard InChI is InChI=1S/C22H43N5O13.2H2O4S/c23-2-1-8(29)20(36)27-7-3-6(25)18(39-22-16(34)15(33)13(31)9(4-24)37-22)17(35)19(7)40-21-14(32)11(26)12(30)10(5-28)38-21;2*1-5(2,3)4/h6-19,21-22,28-35H,1-5,23-26H2,(H,27,36);2*(H2,1,2,3,4)/t6-,7-,8-,9-,10-,11+,12-,13-,14-,15+,16-,17-,18+,19-,21-,22-;;/m0../s1. The van der Waals surface area contributed by atoms with Crippen LogP contribution in [0.3, 0.4) is 0 Å². The van der Waals surface area contributed by atoms with Crippen LogP contribution in [0.4, 0.5) is 0 Å². The first-order chi connectivity index (χ1) is 22.9. The van der Waals surface area contributed by atoms with Crippen LogP contribution in [0.5, 0.6) is 0 Å². The van der Waals surface area contributed by atoms with Crippen molar-refractivity contribution in [1.29, 1.82) is 0 Å². The van der Waals surface area contributed by atoms with E-state index in [2.05, 4.69) is 5.32 Å². The van der Waals surface area contributed by atoms with Gasteiger partial charge in [0, 0.05) is 12.6 Å². The van der Waals surface area contributed by atoms with Crippen LogP contribution in [-0.4, -0.2) is 199 Å². The highest BCUT2D eigenvalue weighted by atomic mass is 32.3. The summed E-state index contributed by atoms with van der Waals surface area (Å²) < 4.78 is 85.7. The molecule has 298 valence electrons. The normalized spacial score (nSPS) is 40.0. The molecule has 21 N–H and O–H groups in total. The third-order valence-electron chi connectivity index (χ3n) is 7.51. The van der Waals surface area contributed by atoms with Gasteiger partial charge in [0.2, 0.25) is 5.91 Å². The van der Waals surface area contributed by atoms with E-state index >= 15 is 0 Å². The highest BCUT2D eigenvalue weighted by Crippen LogP contribution is 2.32. The van der Waals surface area contributed by atoms with Gasteiger partial charge in [-0.05, 0) is 19.4 Å². The maximum absolute atomic E-state index is 12.6. The Morgan fingerprint density at radius 1 is 0.760 bits per heavy atom. The highest BCUT2D eigenvalue weighted by Gasteiger charge is 2.52. The maximum atomic E-state index is 12.6. The van der Waals surface area contributed by atoms with E-state index in [-0.39, 0.29) is 25.9 Å². The summed E-state index contributed by atoms with van der Waals surface area (Å²) in [5, 5.41) is 84.9. The molecular formula is C22H47N5O21S2. The van der Waals surface area contributed by atoms with Crippen LogP contribution in [0, 0.1) is 0 Å². The van der Waals surface area contributed by atoms with Crippen molar-refractivity contribution in [2.45, 2.75) is 111 Å². The molecule has 16 atom stereocenters. The molecule has 3 aliphatic rings. The van der Waals surface area contributed by atoms with E-state index in [1.54, 1.807) is 0 Å². The molecule has 0 aromatic carbocycles. The summed E-state index contributed by atoms with van der Waals surface area (Å²) in [4.78, 5) is 12.6. The van der Waals surface area contributed by atoms with Crippen LogP contribution in [0.25, 0.3) is 0 Å². The first-order valence-electron chi connectivity index (χ1n) is 14.5. The number of aliphatic hydroxyl groups is 8. The largest absolute Gasteiger partial charge is 0.394 e. The zero-order valence-electron chi connectivity index (χ0n) is 25.9. The molecule has 1 saturated carbocycles. The lowest BCUT2D eigenvalue weighted by atomic mass is 9.83. The SMILES string of the molecule is NCC[C@H](O)C(=O)N[C@H]1C[C@H](N)[C@@H](O[C@@H]2O[C@@H](CN)[C@H](O)[C@@H](O)[C@@H]2O)[C@H](O)[C@H]1O[C@@H]1O[C@@H](CO)[C@H](O)[C@@H](N)[C@@H]1O.O=S(=O)(O)O.O=S(=O)(O)O. The van der Waals surface area contributed by atoms with E-state index in [9.17, 15) is 45.6 Å². The summed E-state index contributed by atoms with van der Waals surface area (Å²) in [6.07, 6.45) is -19.8. The number of hydrogen-bond acceptors (Lipinski definition) is 21. The number of amides is 1. The number of nitrogens with two attached hydrogens (primary N) is 4. The van der Waals surface area contributed by atoms with Crippen molar-refractivity contribution in [3.05, 3.63) is 0 Å². The van der Waals surface area contributed by atoms with Gasteiger partial charge in [-0.15, -0.1) is 0 Å². The molecule has 0 unspecified atom stereocenters. The van der Waals surface area contributed by atoms with E-state index in [1.165, 1.54) is 0 Å². The van der Waals surface area contributed by atoms with Crippen molar-refractivity contribution in [3.8, 4) is 0 Å². The fourth-order valence-corrected chi connectivity index (χ4v) is 5.07. The van der Waals surface area contributed by atoms with Gasteiger partial charge in [-0.25, -0.2) is 0 Å². The maximum Gasteiger partial charge on any atom is 0.394 e. The average Bonchev–Trinajstić information content (AvgIpc) is 2.99. The van der Waals surface area contributed by atoms with Crippen LogP contribution in [0.15, 0.2) is 0 Å². The molecule has 1 aliphatic carbocycles. The third kappa shape index (κ3) is 14.5. The highest BCUT2D eigenvalue weighted by molar-refractivity contribution is 7.80. The fraction of sp³-hybridized carbons (Fsp3) is 0.955. The van der Waals surface area contributed by atoms with E-state index < -0.39 is 131 Å². The van der Waals surface area contributed by atoms with Gasteiger partial charge in [0.25, 0.3) is 0 Å². The van der Waals surface area contributed by atoms with Crippen LogP contribution in [0.1, 0.15) is 12.8 Å². The van der Waals surface area contributed by atoms with Gasteiger partial charge in [-0.1, -0.05) is 0 Å². The summed E-state index contributed by atoms with van der Waals surface area (Å²) in [5.41, 5.74) is 23.1. The topological polar surface area (TPSA) is 481 Å². The van der Waals surface area contributed by atoms with E-state index in [0.717, 1.165) is 0 Å². The smallest absolute Gasteiger partial charge is 0.394 e. The number of aliphatic hydroxyl groups excluding tert-OH is 8. The Morgan fingerprint density at radius 3 is 1.72 bits per heavy atom. The predicted molar refractivity (Wildman–Crippen MR) is 160 cm³/mol. The van der Waals surface area contributed by atoms with Gasteiger partial charge in [-0.2, -0.15) is 16.8 Å². The number of rotatable bonds is 10. The number of ether oxygens (including phenoxy) is 4. The first kappa shape index (κ1) is 46.6. The molecule has 0 aromatic rings. The minimum absolute atomic E-state index is 0.0101. The van der Waals surface area contributed by atoms with Gasteiger partial charge in [0.1, 0.15) is 67.1 Å². The minimum atomic E-state index is -4.67. The molecule has 50 heavy (non-hydrogen) atoms. The molecule has 28 heteroatoms. The van der Waals surface area contributed by atoms with Crippen LogP contribution < -0.4 is 28.3 Å². The molecule has 0 radical (unpaired) electrons. The van der Waals surface area contributed by atoms with E-state index in [4.69, 9.17) is 76.9 Å². The molecule has 2 saturated heterocycles. The van der Waals surface area contributed by atoms with Crippen LogP contribution >= 0.6 is 0 Å². The second-order valence-corrected chi connectivity index (χ2v) is 13.0. The lowest BCUT2D eigenvalue weighted by Crippen LogP contribution is -2.69. The van der Waals surface area contributed by atoms with Crippen molar-refractivity contribution in [3.63, 3.8) is 0 Å². The third-order valence-corrected chi connectivity index (χ3v) is 7.51. The predicted octanol–water partition coefficient (Wildman–Crippen LogP) is -9.73. The van der Waals surface area contributed by atoms with Gasteiger partial charge >= 0.3 is 20.8 Å². The van der Waals surface area contributed by atoms with Gasteiger partial charge < -0.3 is 88.1 Å². The quantitative estimate of drug-likeness (QED) is 0.0915. The summed E-state index contributed by atoms with van der Waals surface area (Å²) in [5.74, 6) is -0.845. The van der Waals surface area contributed by atoms with Gasteiger partial charge in [0.15, 0.2) is 12.6 Å². The summed E-state index contributed by atoms with van der Waals surface area (Å²) in [7, 11) is -9.33. The number of nitrogens with one attached hydrogen (secondary N) is 1. The molecule has 1 amide bonds. The number of hydrogen-bond donors (Lipinski definition) is 17. The second kappa shape index (κ2) is 20.1. The molecular weight excluding hydrogens is 734 g/mol. The molecule has 0 spiro atoms. The zero-order chi connectivity index (χ0) is 38.9. The van der Waals surface area contributed by atoms with Crippen molar-refractivity contribution < 1.29 is 99.6 Å². The van der Waals surface area contributed by atoms with Crippen molar-refractivity contribution in [2.24, 2.45) is 22.9 Å². The number of carbonyl (C=O) groups excluding carboxylic acids is 1. The summed E-state index contributed by atoms with van der Waals surface area (Å²) in [6.45, 7) is -0.898. The van der Waals surface area contributed by atoms with Crippen LogP contribution in [-0.2, 0) is 44.5 Å². The Bertz CT molecular complexity index is 1200. The first-order valence-corrected chi connectivity index (χ1v) is 17.3. The van der Waals surface area contributed by atoms with E-state index in [0.29, 0.717) is 0 Å². The molecule has 3 fully saturated rings. The summed E-state index contributed by atoms with van der Waals surface area (Å²) in [6, 6.07) is -3.45. The zero-order valence-corrected chi connectivity index (χ0v) is 27.6. The molecule has 26 nitrogen and oxygen atoms in total. The number of carbonyl (C=O) groups is 1. The average molecular weight is 782 g/mol. The monoisotopic (exact) mass is 781 g/mol. The summed E-state index contributed by atoms with van der Waals surface area (Å²) >= 11 is 0. The van der Waals surface area contributed by atoms with Crippen molar-refractivity contribution in [1.82, 2.24) is 5.32 Å². The lowest BCUT2D eigenvalue weighted by molar-refractivity contribution is -0.332. The van der Waals surface area contributed by atoms with Crippen molar-refractivity contribution >= 4 is 26.7 Å². The van der Waals surface area contributed by atoms with Gasteiger partial charge in [0.05, 0.1) is 18.7 Å². The van der Waals surface area contributed by atoms with Crippen LogP contribution in [0.2, 0.25) is 0 Å². The van der Waals surface area contributed by atoms with Gasteiger partial charge in [-0.3, -0.25) is 23.0 Å². The molecule has 2 heterocycles. The molecule has 3 rings (SSSR count). The Labute approximate surface area is 285 Å². The Kier molecular flexibility index (Phi) is 18.8. The van der Waals surface area contributed by atoms with Crippen molar-refractivity contribution in [2.75, 3.05) is 19.7 Å². The molecule has 0 bridgehead atoms. The Hall–Kier alpha value is -1.43. The Morgan fingerprint density at radius 2 is 1.24 bits per heavy atom. The van der Waals surface area contributed by atoms with E-state index in [1.807, 2.05) is 0 Å². The minimum Gasteiger partial charge on any atom is -0.394 e. The Balaban J connectivity index is 0.00000109.